The van der Waals surface area contributed by atoms with E-state index in [-0.39, 0.29) is 12.4 Å². The van der Waals surface area contributed by atoms with Gasteiger partial charge in [0.05, 0.1) is 25.0 Å². The molecule has 8 nitrogen and oxygen atoms in total. The molecule has 4 aromatic rings. The number of hydrazone groups is 1. The van der Waals surface area contributed by atoms with E-state index in [0.29, 0.717) is 41.6 Å². The van der Waals surface area contributed by atoms with E-state index >= 15 is 0 Å². The molecule has 0 bridgehead atoms. The summed E-state index contributed by atoms with van der Waals surface area (Å²) >= 11 is 0. The molecular weight excluding hydrogens is 520 g/mol. The first-order valence-corrected chi connectivity index (χ1v) is 13.4. The Hall–Kier alpha value is -5.11. The van der Waals surface area contributed by atoms with Gasteiger partial charge in [-0.15, -0.1) is 0 Å². The third kappa shape index (κ3) is 8.69. The van der Waals surface area contributed by atoms with Gasteiger partial charge in [0.15, 0.2) is 18.1 Å². The maximum absolute atomic E-state index is 12.7. The van der Waals surface area contributed by atoms with Crippen LogP contribution in [0.4, 0.5) is 0 Å². The molecule has 210 valence electrons. The van der Waals surface area contributed by atoms with Crippen LogP contribution in [0.25, 0.3) is 11.1 Å². The predicted molar refractivity (Wildman–Crippen MR) is 158 cm³/mol. The quantitative estimate of drug-likeness (QED) is 0.0907. The molecule has 0 saturated carbocycles. The van der Waals surface area contributed by atoms with Crippen molar-refractivity contribution < 1.29 is 28.5 Å². The molecule has 8 heteroatoms. The number of nitrogens with zero attached hydrogens (tertiary/aromatic N) is 1. The summed E-state index contributed by atoms with van der Waals surface area (Å²) < 4.78 is 22.4. The van der Waals surface area contributed by atoms with Gasteiger partial charge in [-0.05, 0) is 84.6 Å². The molecule has 0 heterocycles. The third-order valence-corrected chi connectivity index (χ3v) is 5.77. The van der Waals surface area contributed by atoms with Crippen molar-refractivity contribution in [3.63, 3.8) is 0 Å². The zero-order valence-corrected chi connectivity index (χ0v) is 23.0. The van der Waals surface area contributed by atoms with Crippen LogP contribution in [0, 0.1) is 0 Å². The van der Waals surface area contributed by atoms with Crippen LogP contribution in [-0.4, -0.2) is 37.9 Å². The molecule has 4 aromatic carbocycles. The van der Waals surface area contributed by atoms with Crippen LogP contribution in [-0.2, 0) is 4.79 Å². The minimum absolute atomic E-state index is 0.188. The van der Waals surface area contributed by atoms with Gasteiger partial charge >= 0.3 is 5.97 Å². The summed E-state index contributed by atoms with van der Waals surface area (Å²) in [5, 5.41) is 4.00. The first-order valence-electron chi connectivity index (χ1n) is 13.4. The number of benzene rings is 4. The molecule has 1 amide bonds. The molecule has 1 N–H and O–H groups in total. The fourth-order valence-electron chi connectivity index (χ4n) is 3.76. The van der Waals surface area contributed by atoms with Crippen molar-refractivity contribution in [2.75, 3.05) is 19.8 Å². The topological polar surface area (TPSA) is 95.5 Å². The van der Waals surface area contributed by atoms with E-state index in [0.717, 1.165) is 17.5 Å². The first kappa shape index (κ1) is 28.9. The Morgan fingerprint density at radius 3 is 2.15 bits per heavy atom. The Labute approximate surface area is 239 Å². The number of esters is 1. The molecule has 0 aliphatic carbocycles. The maximum Gasteiger partial charge on any atom is 0.343 e. The number of hydrogen-bond acceptors (Lipinski definition) is 7. The van der Waals surface area contributed by atoms with E-state index in [1.807, 2.05) is 68.4 Å². The molecular formula is C33H32N2O6. The minimum atomic E-state index is -0.517. The fourth-order valence-corrected chi connectivity index (χ4v) is 3.76. The number of rotatable bonds is 13. The average molecular weight is 553 g/mol. The van der Waals surface area contributed by atoms with Crippen LogP contribution in [0.2, 0.25) is 0 Å². The van der Waals surface area contributed by atoms with Crippen molar-refractivity contribution >= 4 is 18.1 Å². The Morgan fingerprint density at radius 2 is 1.44 bits per heavy atom. The Morgan fingerprint density at radius 1 is 0.756 bits per heavy atom. The number of ether oxygens (including phenoxy) is 4. The SMILES string of the molecule is CCCOc1ccc(C(=O)Oc2ccc(/C=N/NC(=O)COc3ccc(-c4ccccc4)cc3)cc2OCC)cc1. The van der Waals surface area contributed by atoms with Crippen molar-refractivity contribution in [1.29, 1.82) is 0 Å². The van der Waals surface area contributed by atoms with Gasteiger partial charge in [0.25, 0.3) is 5.91 Å². The van der Waals surface area contributed by atoms with Crippen LogP contribution in [0.1, 0.15) is 36.2 Å². The molecule has 0 spiro atoms. The zero-order chi connectivity index (χ0) is 28.9. The van der Waals surface area contributed by atoms with Crippen molar-refractivity contribution in [2.24, 2.45) is 5.10 Å². The van der Waals surface area contributed by atoms with E-state index in [9.17, 15) is 9.59 Å². The van der Waals surface area contributed by atoms with Gasteiger partial charge in [0.2, 0.25) is 0 Å². The highest BCUT2D eigenvalue weighted by Crippen LogP contribution is 2.29. The van der Waals surface area contributed by atoms with Gasteiger partial charge in [-0.1, -0.05) is 49.4 Å². The lowest BCUT2D eigenvalue weighted by Crippen LogP contribution is -2.24. The number of amides is 1. The van der Waals surface area contributed by atoms with Gasteiger partial charge in [-0.2, -0.15) is 5.10 Å². The first-order chi connectivity index (χ1) is 20.1. The van der Waals surface area contributed by atoms with E-state index in [1.165, 1.54) is 6.21 Å². The minimum Gasteiger partial charge on any atom is -0.494 e. The predicted octanol–water partition coefficient (Wildman–Crippen LogP) is 6.29. The second kappa shape index (κ2) is 14.9. The average Bonchev–Trinajstić information content (AvgIpc) is 3.01. The lowest BCUT2D eigenvalue weighted by Gasteiger charge is -2.12. The zero-order valence-electron chi connectivity index (χ0n) is 23.0. The second-order valence-electron chi connectivity index (χ2n) is 8.87. The van der Waals surface area contributed by atoms with Crippen molar-refractivity contribution in [2.45, 2.75) is 20.3 Å². The summed E-state index contributed by atoms with van der Waals surface area (Å²) in [4.78, 5) is 24.9. The molecule has 4 rings (SSSR count). The van der Waals surface area contributed by atoms with Crippen LogP contribution in [0.3, 0.4) is 0 Å². The van der Waals surface area contributed by atoms with Gasteiger partial charge in [0, 0.05) is 0 Å². The Kier molecular flexibility index (Phi) is 10.5. The van der Waals surface area contributed by atoms with Crippen molar-refractivity contribution in [1.82, 2.24) is 5.43 Å². The summed E-state index contributed by atoms with van der Waals surface area (Å²) in [6, 6.07) is 29.3. The summed E-state index contributed by atoms with van der Waals surface area (Å²) in [5.74, 6) is 0.998. The smallest absolute Gasteiger partial charge is 0.343 e. The van der Waals surface area contributed by atoms with Crippen LogP contribution >= 0.6 is 0 Å². The summed E-state index contributed by atoms with van der Waals surface area (Å²) in [6.45, 7) is 4.65. The van der Waals surface area contributed by atoms with Gasteiger partial charge in [-0.3, -0.25) is 4.79 Å². The molecule has 0 fully saturated rings. The largest absolute Gasteiger partial charge is 0.494 e. The second-order valence-corrected chi connectivity index (χ2v) is 8.87. The number of nitrogens with one attached hydrogen (secondary N) is 1. The van der Waals surface area contributed by atoms with E-state index in [4.69, 9.17) is 18.9 Å². The number of hydrogen-bond donors (Lipinski definition) is 1. The lowest BCUT2D eigenvalue weighted by molar-refractivity contribution is -0.123. The van der Waals surface area contributed by atoms with Gasteiger partial charge in [-0.25, -0.2) is 10.2 Å². The molecule has 0 aromatic heterocycles. The molecule has 0 aliphatic rings. The highest BCUT2D eigenvalue weighted by atomic mass is 16.6. The summed E-state index contributed by atoms with van der Waals surface area (Å²) in [6.07, 6.45) is 2.37. The maximum atomic E-state index is 12.7. The lowest BCUT2D eigenvalue weighted by atomic mass is 10.1. The van der Waals surface area contributed by atoms with Gasteiger partial charge in [0.1, 0.15) is 11.5 Å². The van der Waals surface area contributed by atoms with Crippen molar-refractivity contribution in [3.05, 3.63) is 108 Å². The summed E-state index contributed by atoms with van der Waals surface area (Å²) in [5.41, 5.74) is 5.64. The Balaban J connectivity index is 1.29. The Bertz CT molecular complexity index is 1450. The van der Waals surface area contributed by atoms with Crippen LogP contribution in [0.15, 0.2) is 102 Å². The number of carbonyl (C=O) groups is 2. The molecule has 0 saturated heterocycles. The monoisotopic (exact) mass is 552 g/mol. The highest BCUT2D eigenvalue weighted by Gasteiger charge is 2.14. The summed E-state index contributed by atoms with van der Waals surface area (Å²) in [7, 11) is 0. The molecule has 41 heavy (non-hydrogen) atoms. The van der Waals surface area contributed by atoms with E-state index < -0.39 is 11.9 Å². The van der Waals surface area contributed by atoms with E-state index in [2.05, 4.69) is 10.5 Å². The number of carbonyl (C=O) groups excluding carboxylic acids is 2. The van der Waals surface area contributed by atoms with E-state index in [1.54, 1.807) is 42.5 Å². The van der Waals surface area contributed by atoms with Crippen LogP contribution < -0.4 is 24.4 Å². The van der Waals surface area contributed by atoms with Crippen molar-refractivity contribution in [3.8, 4) is 34.1 Å². The molecule has 0 aliphatic heterocycles. The highest BCUT2D eigenvalue weighted by molar-refractivity contribution is 5.92. The fraction of sp³-hybridized carbons (Fsp3) is 0.182. The van der Waals surface area contributed by atoms with Gasteiger partial charge < -0.3 is 18.9 Å². The molecule has 0 radical (unpaired) electrons. The third-order valence-electron chi connectivity index (χ3n) is 5.77. The molecule has 0 unspecified atom stereocenters. The standard InChI is InChI=1S/C33H32N2O6/c1-3-20-39-28-17-13-27(14-18-28)33(37)41-30-19-10-24(21-31(30)38-4-2)22-34-35-32(36)23-40-29-15-11-26(12-16-29)25-8-6-5-7-9-25/h5-19,21-22H,3-4,20,23H2,1-2H3,(H,35,36)/b34-22+. The molecule has 0 atom stereocenters. The van der Waals surface area contributed by atoms with Crippen LogP contribution in [0.5, 0.6) is 23.0 Å². The normalized spacial score (nSPS) is 10.7.